The van der Waals surface area contributed by atoms with Crippen LogP contribution < -0.4 is 0 Å². The molecule has 2 heteroatoms. The van der Waals surface area contributed by atoms with E-state index in [2.05, 4.69) is 26.5 Å². The maximum absolute atomic E-state index is 5.93. The van der Waals surface area contributed by atoms with Crippen molar-refractivity contribution >= 4 is 12.6 Å². The molecule has 1 unspecified atom stereocenters. The lowest BCUT2D eigenvalue weighted by Crippen LogP contribution is -2.32. The van der Waals surface area contributed by atoms with Crippen molar-refractivity contribution in [2.24, 2.45) is 11.3 Å². The van der Waals surface area contributed by atoms with Gasteiger partial charge in [-0.3, -0.25) is 0 Å². The van der Waals surface area contributed by atoms with Gasteiger partial charge in [0, 0.05) is 12.0 Å². The van der Waals surface area contributed by atoms with Gasteiger partial charge in [-0.05, 0) is 30.9 Å². The molecule has 0 saturated heterocycles. The van der Waals surface area contributed by atoms with Crippen LogP contribution >= 0.6 is 12.6 Å². The zero-order chi connectivity index (χ0) is 11.9. The Hall–Kier alpha value is 0.310. The molecule has 0 spiro atoms. The van der Waals surface area contributed by atoms with Crippen LogP contribution in [0.2, 0.25) is 0 Å². The first-order valence-electron chi connectivity index (χ1n) is 6.91. The number of hydrogen-bond acceptors (Lipinski definition) is 2. The second-order valence-corrected chi connectivity index (χ2v) is 5.94. The summed E-state index contributed by atoms with van der Waals surface area (Å²) in [6, 6.07) is 0. The van der Waals surface area contributed by atoms with E-state index < -0.39 is 0 Å². The van der Waals surface area contributed by atoms with Crippen LogP contribution in [0.15, 0.2) is 0 Å². The molecule has 16 heavy (non-hydrogen) atoms. The van der Waals surface area contributed by atoms with Gasteiger partial charge in [0.25, 0.3) is 0 Å². The molecule has 1 fully saturated rings. The zero-order valence-corrected chi connectivity index (χ0v) is 11.9. The molecule has 0 aliphatic heterocycles. The molecule has 1 atom stereocenters. The monoisotopic (exact) mass is 244 g/mol. The molecule has 0 amide bonds. The van der Waals surface area contributed by atoms with E-state index in [0.717, 1.165) is 19.0 Å². The molecule has 0 aromatic heterocycles. The molecule has 1 nitrogen and oxygen atoms in total. The Kier molecular flexibility index (Phi) is 6.83. The molecule has 96 valence electrons. The highest BCUT2D eigenvalue weighted by Crippen LogP contribution is 2.37. The van der Waals surface area contributed by atoms with Crippen molar-refractivity contribution in [2.45, 2.75) is 58.8 Å². The van der Waals surface area contributed by atoms with E-state index in [1.165, 1.54) is 44.9 Å². The number of rotatable bonds is 7. The SMILES string of the molecule is CCCC(C)COCC1(CS)CCCCC1. The Bertz CT molecular complexity index is 176. The van der Waals surface area contributed by atoms with E-state index in [0.29, 0.717) is 11.3 Å². The first-order chi connectivity index (χ1) is 7.72. The Morgan fingerprint density at radius 2 is 1.94 bits per heavy atom. The summed E-state index contributed by atoms with van der Waals surface area (Å²) in [5.41, 5.74) is 0.396. The zero-order valence-electron chi connectivity index (χ0n) is 11.0. The van der Waals surface area contributed by atoms with Crippen molar-refractivity contribution in [3.63, 3.8) is 0 Å². The number of ether oxygens (including phenoxy) is 1. The fraction of sp³-hybridized carbons (Fsp3) is 1.00. The number of thiol groups is 1. The molecule has 0 aromatic rings. The third kappa shape index (κ3) is 4.67. The maximum Gasteiger partial charge on any atom is 0.0530 e. The summed E-state index contributed by atoms with van der Waals surface area (Å²) in [5, 5.41) is 0. The summed E-state index contributed by atoms with van der Waals surface area (Å²) < 4.78 is 5.93. The van der Waals surface area contributed by atoms with Crippen molar-refractivity contribution in [1.82, 2.24) is 0 Å². The maximum atomic E-state index is 5.93. The third-order valence-electron chi connectivity index (χ3n) is 3.84. The predicted octanol–water partition coefficient (Wildman–Crippen LogP) is 4.32. The van der Waals surface area contributed by atoms with Gasteiger partial charge in [0.1, 0.15) is 0 Å². The van der Waals surface area contributed by atoms with E-state index in [1.807, 2.05) is 0 Å². The largest absolute Gasteiger partial charge is 0.381 e. The molecular weight excluding hydrogens is 216 g/mol. The minimum absolute atomic E-state index is 0.396. The van der Waals surface area contributed by atoms with E-state index in [9.17, 15) is 0 Å². The van der Waals surface area contributed by atoms with E-state index in [1.54, 1.807) is 0 Å². The Morgan fingerprint density at radius 3 is 2.50 bits per heavy atom. The highest BCUT2D eigenvalue weighted by Gasteiger charge is 2.30. The normalized spacial score (nSPS) is 21.9. The van der Waals surface area contributed by atoms with E-state index in [4.69, 9.17) is 4.74 Å². The van der Waals surface area contributed by atoms with Gasteiger partial charge in [0.15, 0.2) is 0 Å². The Balaban J connectivity index is 2.22. The van der Waals surface area contributed by atoms with Gasteiger partial charge in [0.05, 0.1) is 6.61 Å². The topological polar surface area (TPSA) is 9.23 Å². The van der Waals surface area contributed by atoms with Crippen LogP contribution in [0, 0.1) is 11.3 Å². The average molecular weight is 244 g/mol. The molecule has 1 aliphatic carbocycles. The lowest BCUT2D eigenvalue weighted by atomic mass is 9.76. The summed E-state index contributed by atoms with van der Waals surface area (Å²) in [5.74, 6) is 1.71. The first-order valence-corrected chi connectivity index (χ1v) is 7.54. The smallest absolute Gasteiger partial charge is 0.0530 e. The van der Waals surface area contributed by atoms with E-state index >= 15 is 0 Å². The molecule has 0 N–H and O–H groups in total. The van der Waals surface area contributed by atoms with Crippen molar-refractivity contribution in [1.29, 1.82) is 0 Å². The van der Waals surface area contributed by atoms with Gasteiger partial charge < -0.3 is 4.74 Å². The molecule has 0 radical (unpaired) electrons. The Morgan fingerprint density at radius 1 is 1.25 bits per heavy atom. The summed E-state index contributed by atoms with van der Waals surface area (Å²) in [4.78, 5) is 0. The second-order valence-electron chi connectivity index (χ2n) is 5.63. The van der Waals surface area contributed by atoms with Gasteiger partial charge in [-0.1, -0.05) is 39.5 Å². The van der Waals surface area contributed by atoms with Crippen LogP contribution in [-0.4, -0.2) is 19.0 Å². The van der Waals surface area contributed by atoms with Crippen LogP contribution in [0.1, 0.15) is 58.8 Å². The quantitative estimate of drug-likeness (QED) is 0.656. The molecular formula is C14H28OS. The first kappa shape index (κ1) is 14.4. The minimum atomic E-state index is 0.396. The molecule has 0 heterocycles. The lowest BCUT2D eigenvalue weighted by molar-refractivity contribution is 0.0186. The molecule has 1 rings (SSSR count). The van der Waals surface area contributed by atoms with Gasteiger partial charge in [-0.2, -0.15) is 12.6 Å². The minimum Gasteiger partial charge on any atom is -0.381 e. The van der Waals surface area contributed by atoms with Crippen molar-refractivity contribution in [2.75, 3.05) is 19.0 Å². The summed E-state index contributed by atoms with van der Waals surface area (Å²) in [7, 11) is 0. The molecule has 0 bridgehead atoms. The van der Waals surface area contributed by atoms with Gasteiger partial charge in [-0.15, -0.1) is 0 Å². The van der Waals surface area contributed by atoms with E-state index in [-0.39, 0.29) is 0 Å². The second kappa shape index (κ2) is 7.60. The van der Waals surface area contributed by atoms with Gasteiger partial charge in [0.2, 0.25) is 0 Å². The van der Waals surface area contributed by atoms with Crippen molar-refractivity contribution in [3.05, 3.63) is 0 Å². The fourth-order valence-electron chi connectivity index (χ4n) is 2.70. The Labute approximate surface area is 107 Å². The predicted molar refractivity (Wildman–Crippen MR) is 74.3 cm³/mol. The fourth-order valence-corrected chi connectivity index (χ4v) is 3.11. The third-order valence-corrected chi connectivity index (χ3v) is 4.51. The lowest BCUT2D eigenvalue weighted by Gasteiger charge is -2.36. The highest BCUT2D eigenvalue weighted by atomic mass is 32.1. The van der Waals surface area contributed by atoms with Crippen LogP contribution in [-0.2, 0) is 4.74 Å². The van der Waals surface area contributed by atoms with Crippen molar-refractivity contribution in [3.8, 4) is 0 Å². The molecule has 1 saturated carbocycles. The van der Waals surface area contributed by atoms with Crippen LogP contribution in [0.25, 0.3) is 0 Å². The molecule has 1 aliphatic rings. The summed E-state index contributed by atoms with van der Waals surface area (Å²) in [6.45, 7) is 6.40. The number of hydrogen-bond donors (Lipinski definition) is 1. The van der Waals surface area contributed by atoms with Gasteiger partial charge in [-0.25, -0.2) is 0 Å². The van der Waals surface area contributed by atoms with Crippen LogP contribution in [0.4, 0.5) is 0 Å². The average Bonchev–Trinajstić information content (AvgIpc) is 2.31. The summed E-state index contributed by atoms with van der Waals surface area (Å²) in [6.07, 6.45) is 9.33. The van der Waals surface area contributed by atoms with Crippen LogP contribution in [0.5, 0.6) is 0 Å². The standard InChI is InChI=1S/C14H28OS/c1-3-7-13(2)10-15-11-14(12-16)8-5-4-6-9-14/h13,16H,3-12H2,1-2H3. The van der Waals surface area contributed by atoms with Crippen molar-refractivity contribution < 1.29 is 4.74 Å². The molecule has 0 aromatic carbocycles. The van der Waals surface area contributed by atoms with Crippen LogP contribution in [0.3, 0.4) is 0 Å². The summed E-state index contributed by atoms with van der Waals surface area (Å²) >= 11 is 4.54. The van der Waals surface area contributed by atoms with Gasteiger partial charge >= 0.3 is 0 Å². The highest BCUT2D eigenvalue weighted by molar-refractivity contribution is 7.80.